The topological polar surface area (TPSA) is 424 Å². The summed E-state index contributed by atoms with van der Waals surface area (Å²) in [6, 6.07) is -5.32. The van der Waals surface area contributed by atoms with Gasteiger partial charge in [0, 0.05) is 56.3 Å². The molecule has 0 radical (unpaired) electrons. The first-order valence-electron chi connectivity index (χ1n) is 32.3. The van der Waals surface area contributed by atoms with E-state index in [1.54, 1.807) is 0 Å². The molecule has 0 bridgehead atoms. The largest absolute Gasteiger partial charge is 0.370 e. The van der Waals surface area contributed by atoms with Crippen molar-refractivity contribution >= 4 is 76.5 Å². The Morgan fingerprint density at radius 1 is 0.455 bits per heavy atom. The molecule has 4 rings (SSSR count). The quantitative estimate of drug-likeness (QED) is 0.0919. The van der Waals surface area contributed by atoms with E-state index in [1.165, 1.54) is 0 Å². The van der Waals surface area contributed by atoms with Crippen LogP contribution in [0.5, 0.6) is 0 Å². The summed E-state index contributed by atoms with van der Waals surface area (Å²) < 4.78 is 0. The molecule has 11 amide bonds. The van der Waals surface area contributed by atoms with Crippen molar-refractivity contribution in [1.82, 2.24) is 42.5 Å². The van der Waals surface area contributed by atoms with Crippen molar-refractivity contribution in [3.8, 4) is 0 Å². The summed E-state index contributed by atoms with van der Waals surface area (Å²) >= 11 is 0. The smallest absolute Gasteiger partial charge is 0.244 e. The Labute approximate surface area is 519 Å². The van der Waals surface area contributed by atoms with Crippen LogP contribution in [-0.4, -0.2) is 132 Å². The van der Waals surface area contributed by atoms with Gasteiger partial charge in [0.15, 0.2) is 11.6 Å². The fourth-order valence-electron chi connectivity index (χ4n) is 11.6. The second-order valence-corrected chi connectivity index (χ2v) is 25.2. The van der Waals surface area contributed by atoms with E-state index in [0.29, 0.717) is 77.3 Å². The van der Waals surface area contributed by atoms with Crippen molar-refractivity contribution in [2.75, 3.05) is 19.6 Å². The number of nitrogens with one attached hydrogen (secondary N) is 8. The molecule has 2 aliphatic heterocycles. The van der Waals surface area contributed by atoms with E-state index in [0.717, 1.165) is 94.9 Å². The van der Waals surface area contributed by atoms with Gasteiger partial charge < -0.3 is 65.5 Å². The summed E-state index contributed by atoms with van der Waals surface area (Å²) in [4.78, 5) is 167. The number of hydrogen-bond acceptors (Lipinski definition) is 13. The van der Waals surface area contributed by atoms with Crippen LogP contribution in [0, 0.1) is 35.5 Å². The van der Waals surface area contributed by atoms with E-state index in [9.17, 15) is 62.3 Å². The molecule has 2 saturated carbocycles. The molecule has 8 atom stereocenters. The molecule has 88 heavy (non-hydrogen) atoms. The molecule has 25 heteroatoms. The van der Waals surface area contributed by atoms with Crippen LogP contribution in [0.15, 0.2) is 24.3 Å². The number of ketones is 2. The number of quaternary nitrogens is 1. The Bertz CT molecular complexity index is 2400. The SMILES string of the molecule is CC(C)C[C@H]1NC(=O)[C@H](CC2CCCCC2)NC(=O)[C@H](CCC(N)=O)CC(=O)/C=C/C(=O)N[C@H](C(N)=O)CCCCNC1=O.CC(C)C[C@H]1NC(=O)[C@H](CC2CCCCC2)NC(=O)[C@H](CCCC[NH3+])CC(=O)/C=C/C(=O)N[C@H](C(N)=O)CCCCNC1=O. The summed E-state index contributed by atoms with van der Waals surface area (Å²) in [5.74, 6) is -7.97. The fourth-order valence-corrected chi connectivity index (χ4v) is 11.6. The predicted molar refractivity (Wildman–Crippen MR) is 330 cm³/mol. The number of carbonyl (C=O) groups is 13. The first kappa shape index (κ1) is 75.2. The Hall–Kier alpha value is -7.05. The lowest BCUT2D eigenvalue weighted by molar-refractivity contribution is -0.368. The normalized spacial score (nSPS) is 26.6. The summed E-state index contributed by atoms with van der Waals surface area (Å²) in [6.07, 6.45) is 19.8. The second-order valence-electron chi connectivity index (χ2n) is 25.2. The standard InChI is InChI=1S/C32H54N6O6.C31H50N6O7/c1-21(2)18-26-31(43)35-17-9-7-13-25(29(34)41)36-28(40)15-14-24(39)20-23(12-6-8-16-33)30(42)37-27(32(44)38-26)19-22-10-4-3-5-11-22;1-19(2)16-24-30(43)34-15-7-6-10-23(28(33)41)35-27(40)14-12-22(38)18-21(11-13-26(32)39)29(42)36-25(31(44)37-24)17-20-8-4-3-5-9-20/h14-15,21-23,25-27H,3-13,16-20,33H2,1-2H3,(H2,34,41)(H,35,43)(H,36,40)(H,37,42)(H,38,44);12,14,19-21,23-25H,3-11,13,15-18H2,1-2H3,(H2,32,39)(H2,33,41)(H,34,43)(H,35,40)(H,36,42)(H,37,44)/p+1/b15-14+;14-12+/t23-,25+,26-,27+;21-,23+,24-,25+/m11/s1. The lowest BCUT2D eigenvalue weighted by atomic mass is 9.84. The number of carbonyl (C=O) groups excluding carboxylic acids is 13. The van der Waals surface area contributed by atoms with E-state index in [1.807, 2.05) is 27.7 Å². The molecule has 0 unspecified atom stereocenters. The van der Waals surface area contributed by atoms with E-state index in [2.05, 4.69) is 48.3 Å². The zero-order valence-corrected chi connectivity index (χ0v) is 52.7. The van der Waals surface area contributed by atoms with Crippen LogP contribution < -0.4 is 65.5 Å². The fraction of sp³-hybridized carbons (Fsp3) is 0.730. The Morgan fingerprint density at radius 3 is 1.19 bits per heavy atom. The highest BCUT2D eigenvalue weighted by Gasteiger charge is 2.35. The van der Waals surface area contributed by atoms with Crippen LogP contribution in [0.3, 0.4) is 0 Å². The minimum atomic E-state index is -0.997. The molecular formula is C63H105N12O13+. The second kappa shape index (κ2) is 41.2. The van der Waals surface area contributed by atoms with Crippen molar-refractivity contribution in [3.63, 3.8) is 0 Å². The van der Waals surface area contributed by atoms with Crippen LogP contribution in [0.4, 0.5) is 0 Å². The number of nitrogens with two attached hydrogens (primary N) is 3. The molecule has 17 N–H and O–H groups in total. The van der Waals surface area contributed by atoms with Crippen molar-refractivity contribution in [3.05, 3.63) is 24.3 Å². The first-order chi connectivity index (χ1) is 41.8. The van der Waals surface area contributed by atoms with Crippen molar-refractivity contribution in [2.24, 2.45) is 52.7 Å². The van der Waals surface area contributed by atoms with Crippen molar-refractivity contribution in [1.29, 1.82) is 0 Å². The number of primary amides is 3. The maximum atomic E-state index is 13.7. The molecule has 2 aliphatic carbocycles. The molecule has 494 valence electrons. The number of allylic oxidation sites excluding steroid dienone is 2. The van der Waals surface area contributed by atoms with Gasteiger partial charge in [-0.25, -0.2) is 0 Å². The van der Waals surface area contributed by atoms with Gasteiger partial charge in [0.05, 0.1) is 6.54 Å². The third-order valence-electron chi connectivity index (χ3n) is 16.6. The maximum absolute atomic E-state index is 13.7. The van der Waals surface area contributed by atoms with E-state index in [4.69, 9.17) is 17.2 Å². The summed E-state index contributed by atoms with van der Waals surface area (Å²) in [7, 11) is 0. The summed E-state index contributed by atoms with van der Waals surface area (Å²) in [5, 5.41) is 22.3. The highest BCUT2D eigenvalue weighted by atomic mass is 16.2. The number of unbranched alkanes of at least 4 members (excludes halogenated alkanes) is 1. The third-order valence-corrected chi connectivity index (χ3v) is 16.6. The van der Waals surface area contributed by atoms with Crippen LogP contribution in [0.2, 0.25) is 0 Å². The minimum absolute atomic E-state index is 0.0349. The molecule has 0 saturated heterocycles. The zero-order chi connectivity index (χ0) is 65.1. The number of hydrogen-bond donors (Lipinski definition) is 12. The number of amides is 11. The third kappa shape index (κ3) is 30.7. The van der Waals surface area contributed by atoms with Crippen molar-refractivity contribution < 1.29 is 68.1 Å². The Kier molecular flexibility index (Phi) is 35.2. The van der Waals surface area contributed by atoms with Gasteiger partial charge in [-0.05, 0) is 126 Å². The van der Waals surface area contributed by atoms with E-state index >= 15 is 0 Å². The van der Waals surface area contributed by atoms with Crippen molar-refractivity contribution in [2.45, 2.75) is 237 Å². The molecular weight excluding hydrogens is 1130 g/mol. The molecule has 0 aromatic heterocycles. The molecule has 0 aromatic carbocycles. The Morgan fingerprint density at radius 2 is 0.830 bits per heavy atom. The molecule has 4 aliphatic rings. The monoisotopic (exact) mass is 1240 g/mol. The average Bonchev–Trinajstić information content (AvgIpc) is 3.57. The highest BCUT2D eigenvalue weighted by Crippen LogP contribution is 2.30. The van der Waals surface area contributed by atoms with Gasteiger partial charge in [0.2, 0.25) is 65.0 Å². The molecule has 2 fully saturated rings. The van der Waals surface area contributed by atoms with Gasteiger partial charge in [0.25, 0.3) is 0 Å². The van der Waals surface area contributed by atoms with Gasteiger partial charge in [-0.3, -0.25) is 62.3 Å². The van der Waals surface area contributed by atoms with E-state index < -0.39 is 113 Å². The van der Waals surface area contributed by atoms with Crippen LogP contribution in [0.25, 0.3) is 0 Å². The number of rotatable bonds is 17. The lowest BCUT2D eigenvalue weighted by Gasteiger charge is -2.29. The van der Waals surface area contributed by atoms with Crippen LogP contribution in [0.1, 0.15) is 201 Å². The van der Waals surface area contributed by atoms with Crippen LogP contribution in [-0.2, 0) is 62.3 Å². The lowest BCUT2D eigenvalue weighted by Crippen LogP contribution is -2.55. The molecule has 0 aromatic rings. The average molecular weight is 1240 g/mol. The predicted octanol–water partition coefficient (Wildman–Crippen LogP) is 1.43. The van der Waals surface area contributed by atoms with Gasteiger partial charge in [0.1, 0.15) is 36.3 Å². The van der Waals surface area contributed by atoms with Gasteiger partial charge in [-0.15, -0.1) is 0 Å². The zero-order valence-electron chi connectivity index (χ0n) is 52.7. The van der Waals surface area contributed by atoms with Crippen LogP contribution >= 0.6 is 0 Å². The molecule has 2 heterocycles. The first-order valence-corrected chi connectivity index (χ1v) is 32.3. The molecule has 25 nitrogen and oxygen atoms in total. The van der Waals surface area contributed by atoms with Gasteiger partial charge in [-0.2, -0.15) is 0 Å². The van der Waals surface area contributed by atoms with E-state index in [-0.39, 0.29) is 80.6 Å². The summed E-state index contributed by atoms with van der Waals surface area (Å²) in [5.41, 5.74) is 20.1. The highest BCUT2D eigenvalue weighted by molar-refractivity contribution is 6.02. The molecule has 0 spiro atoms. The summed E-state index contributed by atoms with van der Waals surface area (Å²) in [6.45, 7) is 9.09. The van der Waals surface area contributed by atoms with Gasteiger partial charge >= 0.3 is 0 Å². The van der Waals surface area contributed by atoms with Gasteiger partial charge in [-0.1, -0.05) is 91.9 Å². The maximum Gasteiger partial charge on any atom is 0.244 e. The Balaban J connectivity index is 0.000000460. The minimum Gasteiger partial charge on any atom is -0.370 e.